The van der Waals surface area contributed by atoms with Crippen LogP contribution in [0.1, 0.15) is 0 Å². The number of hydrogen-bond acceptors (Lipinski definition) is 7. The standard InChI is InChI=1S/C22H22N6O2S/c1-30-19-9-5-4-8-18(19)26-10-12-27(13-11-26)20(29)14-31-22-21-25-23-15-28(21)17-7-3-2-6-16(17)24-22/h2-9,15H,10-14H2,1H3. The second kappa shape index (κ2) is 8.43. The number of ether oxygens (including phenoxy) is 1. The van der Waals surface area contributed by atoms with Crippen molar-refractivity contribution in [1.82, 2.24) is 24.5 Å². The molecule has 31 heavy (non-hydrogen) atoms. The average Bonchev–Trinajstić information content (AvgIpc) is 3.33. The summed E-state index contributed by atoms with van der Waals surface area (Å²) in [7, 11) is 1.68. The number of thioether (sulfide) groups is 1. The van der Waals surface area contributed by atoms with Crippen LogP contribution in [0.2, 0.25) is 0 Å². The van der Waals surface area contributed by atoms with E-state index in [1.165, 1.54) is 11.8 Å². The molecule has 0 radical (unpaired) electrons. The molecule has 0 bridgehead atoms. The molecule has 1 saturated heterocycles. The topological polar surface area (TPSA) is 75.9 Å². The van der Waals surface area contributed by atoms with Crippen LogP contribution in [0, 0.1) is 0 Å². The zero-order chi connectivity index (χ0) is 21.2. The number of methoxy groups -OCH3 is 1. The second-order valence-corrected chi connectivity index (χ2v) is 8.22. The zero-order valence-electron chi connectivity index (χ0n) is 17.1. The Morgan fingerprint density at radius 2 is 1.84 bits per heavy atom. The molecule has 2 aromatic heterocycles. The van der Waals surface area contributed by atoms with E-state index in [9.17, 15) is 4.79 Å². The van der Waals surface area contributed by atoms with Crippen LogP contribution in [-0.4, -0.2) is 69.4 Å². The molecule has 1 amide bonds. The first-order chi connectivity index (χ1) is 15.2. The molecule has 0 saturated carbocycles. The molecule has 158 valence electrons. The first-order valence-electron chi connectivity index (χ1n) is 10.1. The van der Waals surface area contributed by atoms with Gasteiger partial charge in [0.15, 0.2) is 5.65 Å². The van der Waals surface area contributed by atoms with Gasteiger partial charge in [-0.15, -0.1) is 10.2 Å². The molecule has 8 nitrogen and oxygen atoms in total. The molecule has 0 atom stereocenters. The van der Waals surface area contributed by atoms with Gasteiger partial charge in [0.25, 0.3) is 0 Å². The van der Waals surface area contributed by atoms with Crippen LogP contribution in [0.5, 0.6) is 5.75 Å². The first-order valence-corrected chi connectivity index (χ1v) is 11.1. The summed E-state index contributed by atoms with van der Waals surface area (Å²) in [5, 5.41) is 8.95. The highest BCUT2D eigenvalue weighted by Gasteiger charge is 2.23. The van der Waals surface area contributed by atoms with Gasteiger partial charge in [-0.3, -0.25) is 9.20 Å². The van der Waals surface area contributed by atoms with Crippen molar-refractivity contribution in [3.05, 3.63) is 54.9 Å². The van der Waals surface area contributed by atoms with Gasteiger partial charge in [0, 0.05) is 26.2 Å². The van der Waals surface area contributed by atoms with E-state index in [1.54, 1.807) is 13.4 Å². The molecule has 0 unspecified atom stereocenters. The number of amides is 1. The van der Waals surface area contributed by atoms with E-state index in [-0.39, 0.29) is 5.91 Å². The first kappa shape index (κ1) is 19.6. The summed E-state index contributed by atoms with van der Waals surface area (Å²) in [5.41, 5.74) is 3.55. The summed E-state index contributed by atoms with van der Waals surface area (Å²) in [6.45, 7) is 2.92. The minimum absolute atomic E-state index is 0.109. The smallest absolute Gasteiger partial charge is 0.233 e. The molecule has 1 fully saturated rings. The third kappa shape index (κ3) is 3.76. The third-order valence-corrected chi connectivity index (χ3v) is 6.43. The monoisotopic (exact) mass is 434 g/mol. The lowest BCUT2D eigenvalue weighted by atomic mass is 10.2. The largest absolute Gasteiger partial charge is 0.495 e. The maximum absolute atomic E-state index is 12.9. The molecular formula is C22H22N6O2S. The van der Waals surface area contributed by atoms with Crippen LogP contribution in [0.25, 0.3) is 16.7 Å². The minimum atomic E-state index is 0.109. The molecule has 0 aliphatic carbocycles. The molecular weight excluding hydrogens is 412 g/mol. The number of benzene rings is 2. The Morgan fingerprint density at radius 1 is 1.06 bits per heavy atom. The highest BCUT2D eigenvalue weighted by atomic mass is 32.2. The summed E-state index contributed by atoms with van der Waals surface area (Å²) < 4.78 is 7.39. The molecule has 1 aliphatic rings. The van der Waals surface area contributed by atoms with Gasteiger partial charge in [-0.05, 0) is 24.3 Å². The minimum Gasteiger partial charge on any atom is -0.495 e. The van der Waals surface area contributed by atoms with Crippen molar-refractivity contribution in [2.75, 3.05) is 43.9 Å². The Labute approximate surface area is 183 Å². The number of carbonyl (C=O) groups is 1. The summed E-state index contributed by atoms with van der Waals surface area (Å²) in [4.78, 5) is 21.8. The third-order valence-electron chi connectivity index (χ3n) is 5.49. The Morgan fingerprint density at radius 3 is 2.68 bits per heavy atom. The number of rotatable bonds is 5. The van der Waals surface area contributed by atoms with Crippen LogP contribution >= 0.6 is 11.8 Å². The van der Waals surface area contributed by atoms with Gasteiger partial charge in [0.2, 0.25) is 5.91 Å². The van der Waals surface area contributed by atoms with Gasteiger partial charge in [-0.25, -0.2) is 4.98 Å². The lowest BCUT2D eigenvalue weighted by Crippen LogP contribution is -2.49. The maximum Gasteiger partial charge on any atom is 0.233 e. The van der Waals surface area contributed by atoms with Crippen LogP contribution < -0.4 is 9.64 Å². The lowest BCUT2D eigenvalue weighted by molar-refractivity contribution is -0.128. The molecule has 5 rings (SSSR count). The highest BCUT2D eigenvalue weighted by Crippen LogP contribution is 2.29. The Hall–Kier alpha value is -3.33. The van der Waals surface area contributed by atoms with Gasteiger partial charge in [-0.1, -0.05) is 36.0 Å². The van der Waals surface area contributed by atoms with E-state index in [1.807, 2.05) is 51.8 Å². The van der Waals surface area contributed by atoms with Gasteiger partial charge >= 0.3 is 0 Å². The van der Waals surface area contributed by atoms with Crippen molar-refractivity contribution in [3.63, 3.8) is 0 Å². The maximum atomic E-state index is 12.9. The molecule has 4 aromatic rings. The van der Waals surface area contributed by atoms with Crippen molar-refractivity contribution in [2.24, 2.45) is 0 Å². The fourth-order valence-electron chi connectivity index (χ4n) is 3.88. The SMILES string of the molecule is COc1ccccc1N1CCN(C(=O)CSc2nc3ccccc3n3cnnc23)CC1. The lowest BCUT2D eigenvalue weighted by Gasteiger charge is -2.36. The van der Waals surface area contributed by atoms with Gasteiger partial charge < -0.3 is 14.5 Å². The Balaban J connectivity index is 1.25. The zero-order valence-corrected chi connectivity index (χ0v) is 18.0. The Bertz CT molecular complexity index is 1240. The van der Waals surface area contributed by atoms with Gasteiger partial charge in [0.05, 0.1) is 29.6 Å². The van der Waals surface area contributed by atoms with Crippen molar-refractivity contribution in [1.29, 1.82) is 0 Å². The van der Waals surface area contributed by atoms with E-state index in [2.05, 4.69) is 21.2 Å². The van der Waals surface area contributed by atoms with Crippen LogP contribution in [0.4, 0.5) is 5.69 Å². The van der Waals surface area contributed by atoms with E-state index in [0.29, 0.717) is 24.5 Å². The van der Waals surface area contributed by atoms with Crippen molar-refractivity contribution < 1.29 is 9.53 Å². The number of piperazine rings is 1. The van der Waals surface area contributed by atoms with Crippen LogP contribution in [-0.2, 0) is 4.79 Å². The fourth-order valence-corrected chi connectivity index (χ4v) is 4.76. The number of hydrogen-bond donors (Lipinski definition) is 0. The number of fused-ring (bicyclic) bond motifs is 3. The van der Waals surface area contributed by atoms with Gasteiger partial charge in [0.1, 0.15) is 17.1 Å². The van der Waals surface area contributed by atoms with E-state index in [4.69, 9.17) is 9.72 Å². The number of carbonyl (C=O) groups excluding carboxylic acids is 1. The molecule has 1 aliphatic heterocycles. The van der Waals surface area contributed by atoms with Crippen molar-refractivity contribution >= 4 is 40.0 Å². The predicted molar refractivity (Wildman–Crippen MR) is 121 cm³/mol. The molecule has 0 spiro atoms. The number of anilines is 1. The summed E-state index contributed by atoms with van der Waals surface area (Å²) >= 11 is 1.42. The highest BCUT2D eigenvalue weighted by molar-refractivity contribution is 8.00. The average molecular weight is 435 g/mol. The van der Waals surface area contributed by atoms with Gasteiger partial charge in [-0.2, -0.15) is 0 Å². The molecule has 9 heteroatoms. The summed E-state index contributed by atoms with van der Waals surface area (Å²) in [6, 6.07) is 15.8. The van der Waals surface area contributed by atoms with E-state index in [0.717, 1.165) is 40.6 Å². The molecule has 2 aromatic carbocycles. The fraction of sp³-hybridized carbons (Fsp3) is 0.273. The van der Waals surface area contributed by atoms with Crippen molar-refractivity contribution in [2.45, 2.75) is 5.03 Å². The second-order valence-electron chi connectivity index (χ2n) is 7.26. The normalized spacial score (nSPS) is 14.4. The number of para-hydroxylation sites is 4. The summed E-state index contributed by atoms with van der Waals surface area (Å²) in [6.07, 6.45) is 1.68. The Kier molecular flexibility index (Phi) is 5.33. The molecule has 0 N–H and O–H groups in total. The summed E-state index contributed by atoms with van der Waals surface area (Å²) in [5.74, 6) is 1.29. The van der Waals surface area contributed by atoms with Crippen LogP contribution in [0.15, 0.2) is 59.9 Å². The quantitative estimate of drug-likeness (QED) is 0.447. The number of nitrogens with zero attached hydrogens (tertiary/aromatic N) is 6. The molecule has 3 heterocycles. The van der Waals surface area contributed by atoms with Crippen LogP contribution in [0.3, 0.4) is 0 Å². The van der Waals surface area contributed by atoms with E-state index < -0.39 is 0 Å². The predicted octanol–water partition coefficient (Wildman–Crippen LogP) is 2.73. The van der Waals surface area contributed by atoms with Crippen molar-refractivity contribution in [3.8, 4) is 5.75 Å². The van der Waals surface area contributed by atoms with E-state index >= 15 is 0 Å². The number of aromatic nitrogens is 4.